The second-order valence-electron chi connectivity index (χ2n) is 3.08. The molecule has 2 rings (SSSR count). The lowest BCUT2D eigenvalue weighted by Gasteiger charge is -1.93. The summed E-state index contributed by atoms with van der Waals surface area (Å²) < 4.78 is 5.50. The number of furan rings is 2. The SMILES string of the molecule is CCCc1cc2cc(C)c1o2. The maximum absolute atomic E-state index is 5.50. The van der Waals surface area contributed by atoms with Crippen LogP contribution in [-0.4, -0.2) is 0 Å². The number of aryl methyl sites for hydroxylation is 2. The summed E-state index contributed by atoms with van der Waals surface area (Å²) in [5.74, 6) is 0. The fourth-order valence-electron chi connectivity index (χ4n) is 1.59. The lowest BCUT2D eigenvalue weighted by molar-refractivity contribution is 0.670. The van der Waals surface area contributed by atoms with E-state index in [9.17, 15) is 0 Å². The van der Waals surface area contributed by atoms with Crippen molar-refractivity contribution < 1.29 is 4.42 Å². The first-order valence-electron chi connectivity index (χ1n) is 4.12. The molecule has 0 saturated heterocycles. The third-order valence-electron chi connectivity index (χ3n) is 2.06. The summed E-state index contributed by atoms with van der Waals surface area (Å²) in [6.07, 6.45) is 2.34. The molecule has 1 heteroatoms. The molecule has 2 heterocycles. The minimum absolute atomic E-state index is 1.03. The summed E-state index contributed by atoms with van der Waals surface area (Å²) in [5.41, 5.74) is 4.80. The average molecular weight is 148 g/mol. The summed E-state index contributed by atoms with van der Waals surface area (Å²) in [4.78, 5) is 0. The van der Waals surface area contributed by atoms with Crippen LogP contribution in [0.3, 0.4) is 0 Å². The van der Waals surface area contributed by atoms with Gasteiger partial charge in [-0.1, -0.05) is 13.3 Å². The van der Waals surface area contributed by atoms with Crippen molar-refractivity contribution in [3.8, 4) is 0 Å². The maximum Gasteiger partial charge on any atom is 0.133 e. The molecule has 1 nitrogen and oxygen atoms in total. The van der Waals surface area contributed by atoms with E-state index in [1.807, 2.05) is 0 Å². The molecule has 0 spiro atoms. The first kappa shape index (κ1) is 6.71. The van der Waals surface area contributed by atoms with E-state index in [1.165, 1.54) is 17.5 Å². The Hall–Kier alpha value is -0.980. The molecule has 0 aliphatic carbocycles. The number of hydrogen-bond donors (Lipinski definition) is 0. The lowest BCUT2D eigenvalue weighted by atomic mass is 10.1. The van der Waals surface area contributed by atoms with E-state index in [1.54, 1.807) is 0 Å². The molecule has 58 valence electrons. The van der Waals surface area contributed by atoms with Crippen LogP contribution < -0.4 is 0 Å². The van der Waals surface area contributed by atoms with Gasteiger partial charge in [0.2, 0.25) is 0 Å². The highest BCUT2D eigenvalue weighted by Crippen LogP contribution is 2.27. The van der Waals surface area contributed by atoms with E-state index in [2.05, 4.69) is 26.0 Å². The molecule has 0 aliphatic heterocycles. The average Bonchev–Trinajstić information content (AvgIpc) is 2.46. The smallest absolute Gasteiger partial charge is 0.133 e. The van der Waals surface area contributed by atoms with Crippen LogP contribution in [0.1, 0.15) is 24.5 Å². The second-order valence-corrected chi connectivity index (χ2v) is 3.08. The van der Waals surface area contributed by atoms with E-state index in [-0.39, 0.29) is 0 Å². The van der Waals surface area contributed by atoms with Gasteiger partial charge in [0.05, 0.1) is 0 Å². The van der Waals surface area contributed by atoms with Crippen LogP contribution >= 0.6 is 0 Å². The van der Waals surface area contributed by atoms with Crippen molar-refractivity contribution in [1.29, 1.82) is 0 Å². The Kier molecular flexibility index (Phi) is 1.38. The first-order valence-corrected chi connectivity index (χ1v) is 4.12. The van der Waals surface area contributed by atoms with Crippen LogP contribution in [0.15, 0.2) is 16.5 Å². The van der Waals surface area contributed by atoms with E-state index in [0.717, 1.165) is 17.6 Å². The number of rotatable bonds is 2. The standard InChI is InChI=1S/C10H12O/c1-3-4-8-6-9-5-7(2)10(8)11-9/h5-6H,3-4H2,1-2H3. The number of benzene rings is 1. The fourth-order valence-corrected chi connectivity index (χ4v) is 1.59. The molecule has 0 unspecified atom stereocenters. The van der Waals surface area contributed by atoms with Crippen molar-refractivity contribution in [2.75, 3.05) is 0 Å². The van der Waals surface area contributed by atoms with Crippen molar-refractivity contribution in [2.45, 2.75) is 26.7 Å². The maximum atomic E-state index is 5.50. The molecule has 0 saturated carbocycles. The van der Waals surface area contributed by atoms with Crippen molar-refractivity contribution in [2.24, 2.45) is 0 Å². The van der Waals surface area contributed by atoms with Crippen molar-refractivity contribution in [1.82, 2.24) is 0 Å². The Labute approximate surface area is 66.3 Å². The Morgan fingerprint density at radius 1 is 1.36 bits per heavy atom. The molecule has 0 N–H and O–H groups in total. The van der Waals surface area contributed by atoms with Crippen LogP contribution in [-0.2, 0) is 6.42 Å². The summed E-state index contributed by atoms with van der Waals surface area (Å²) in [6, 6.07) is 4.24. The molecule has 2 bridgehead atoms. The van der Waals surface area contributed by atoms with Crippen molar-refractivity contribution >= 4 is 11.2 Å². The highest BCUT2D eigenvalue weighted by atomic mass is 16.3. The molecule has 0 amide bonds. The van der Waals surface area contributed by atoms with Crippen LogP contribution in [0.25, 0.3) is 11.2 Å². The third-order valence-corrected chi connectivity index (χ3v) is 2.06. The van der Waals surface area contributed by atoms with Crippen LogP contribution in [0.2, 0.25) is 0 Å². The number of fused-ring (bicyclic) bond motifs is 2. The minimum Gasteiger partial charge on any atom is -0.457 e. The predicted molar refractivity (Wildman–Crippen MR) is 46.1 cm³/mol. The van der Waals surface area contributed by atoms with Gasteiger partial charge < -0.3 is 4.42 Å². The monoisotopic (exact) mass is 148 g/mol. The summed E-state index contributed by atoms with van der Waals surface area (Å²) in [5, 5.41) is 0. The van der Waals surface area contributed by atoms with Gasteiger partial charge in [0.15, 0.2) is 0 Å². The largest absolute Gasteiger partial charge is 0.457 e. The van der Waals surface area contributed by atoms with E-state index >= 15 is 0 Å². The van der Waals surface area contributed by atoms with Gasteiger partial charge in [-0.25, -0.2) is 0 Å². The van der Waals surface area contributed by atoms with E-state index in [4.69, 9.17) is 4.42 Å². The zero-order chi connectivity index (χ0) is 7.84. The van der Waals surface area contributed by atoms with Gasteiger partial charge in [-0.3, -0.25) is 0 Å². The Morgan fingerprint density at radius 2 is 2.18 bits per heavy atom. The summed E-state index contributed by atoms with van der Waals surface area (Å²) in [7, 11) is 0. The summed E-state index contributed by atoms with van der Waals surface area (Å²) >= 11 is 0. The van der Waals surface area contributed by atoms with Gasteiger partial charge in [0, 0.05) is 0 Å². The van der Waals surface area contributed by atoms with E-state index < -0.39 is 0 Å². The Bertz CT molecular complexity index is 346. The number of hydrogen-bond acceptors (Lipinski definition) is 1. The van der Waals surface area contributed by atoms with Gasteiger partial charge in [0.1, 0.15) is 11.2 Å². The normalized spacial score (nSPS) is 11.5. The van der Waals surface area contributed by atoms with Gasteiger partial charge in [-0.2, -0.15) is 0 Å². The molecule has 0 atom stereocenters. The van der Waals surface area contributed by atoms with Gasteiger partial charge in [0.25, 0.3) is 0 Å². The van der Waals surface area contributed by atoms with Gasteiger partial charge in [-0.05, 0) is 36.6 Å². The zero-order valence-corrected chi connectivity index (χ0v) is 6.98. The highest BCUT2D eigenvalue weighted by molar-refractivity contribution is 5.70. The first-order chi connectivity index (χ1) is 5.31. The molecule has 0 aliphatic rings. The molecule has 2 aromatic rings. The van der Waals surface area contributed by atoms with Crippen LogP contribution in [0.4, 0.5) is 0 Å². The molecule has 2 aromatic heterocycles. The molecule has 11 heavy (non-hydrogen) atoms. The lowest BCUT2D eigenvalue weighted by Crippen LogP contribution is -1.81. The summed E-state index contributed by atoms with van der Waals surface area (Å²) in [6.45, 7) is 4.29. The molecule has 0 aromatic carbocycles. The molecule has 0 radical (unpaired) electrons. The zero-order valence-electron chi connectivity index (χ0n) is 6.98. The van der Waals surface area contributed by atoms with Crippen LogP contribution in [0.5, 0.6) is 0 Å². The predicted octanol–water partition coefficient (Wildman–Crippen LogP) is 3.13. The quantitative estimate of drug-likeness (QED) is 0.637. The highest BCUT2D eigenvalue weighted by Gasteiger charge is 2.09. The van der Waals surface area contributed by atoms with Crippen molar-refractivity contribution in [3.05, 3.63) is 23.3 Å². The molecule has 0 fully saturated rings. The molecular formula is C10H12O. The van der Waals surface area contributed by atoms with Crippen molar-refractivity contribution in [3.63, 3.8) is 0 Å². The van der Waals surface area contributed by atoms with E-state index in [0.29, 0.717) is 0 Å². The topological polar surface area (TPSA) is 13.1 Å². The van der Waals surface area contributed by atoms with Gasteiger partial charge in [-0.15, -0.1) is 0 Å². The third kappa shape index (κ3) is 0.917. The fraction of sp³-hybridized carbons (Fsp3) is 0.400. The molecular weight excluding hydrogens is 136 g/mol. The Morgan fingerprint density at radius 3 is 2.73 bits per heavy atom. The van der Waals surface area contributed by atoms with Crippen LogP contribution in [0, 0.1) is 6.92 Å². The second kappa shape index (κ2) is 2.26. The minimum atomic E-state index is 1.03. The Balaban J connectivity index is 2.49. The van der Waals surface area contributed by atoms with Gasteiger partial charge >= 0.3 is 0 Å².